The third-order valence-electron chi connectivity index (χ3n) is 3.13. The molecule has 0 atom stereocenters. The van der Waals surface area contributed by atoms with Crippen molar-refractivity contribution in [2.45, 2.75) is 32.2 Å². The first kappa shape index (κ1) is 14.4. The molecule has 0 fully saturated rings. The fourth-order valence-corrected chi connectivity index (χ4v) is 3.02. The van der Waals surface area contributed by atoms with Crippen LogP contribution in [0.15, 0.2) is 12.1 Å². The van der Waals surface area contributed by atoms with Gasteiger partial charge in [-0.2, -0.15) is 0 Å². The Kier molecular flexibility index (Phi) is 6.05. The molecule has 0 saturated carbocycles. The topological polar surface area (TPSA) is 21.3 Å². The van der Waals surface area contributed by atoms with Crippen LogP contribution in [0.25, 0.3) is 0 Å². The van der Waals surface area contributed by atoms with Gasteiger partial charge in [0.05, 0.1) is 6.61 Å². The largest absolute Gasteiger partial charge is 0.493 e. The molecule has 18 heavy (non-hydrogen) atoms. The lowest BCUT2D eigenvalue weighted by Gasteiger charge is -2.10. The second kappa shape index (κ2) is 7.56. The highest BCUT2D eigenvalue weighted by molar-refractivity contribution is 14.1. The van der Waals surface area contributed by atoms with Gasteiger partial charge in [-0.1, -0.05) is 40.6 Å². The van der Waals surface area contributed by atoms with Crippen LogP contribution in [0.4, 0.5) is 0 Å². The van der Waals surface area contributed by atoms with E-state index in [0.717, 1.165) is 36.9 Å². The fourth-order valence-electron chi connectivity index (χ4n) is 2.22. The summed E-state index contributed by atoms with van der Waals surface area (Å²) in [5.74, 6) is 1.05. The molecular formula is C14H19ClINO. The van der Waals surface area contributed by atoms with Crippen molar-refractivity contribution in [3.63, 3.8) is 0 Å². The van der Waals surface area contributed by atoms with Gasteiger partial charge in [0, 0.05) is 23.6 Å². The molecule has 1 aromatic rings. The Bertz CT molecular complexity index is 398. The van der Waals surface area contributed by atoms with Gasteiger partial charge in [-0.3, -0.25) is 0 Å². The maximum absolute atomic E-state index is 6.13. The van der Waals surface area contributed by atoms with E-state index in [1.54, 1.807) is 0 Å². The summed E-state index contributed by atoms with van der Waals surface area (Å²) < 4.78 is 6.94. The normalized spacial score (nSPS) is 13.4. The zero-order chi connectivity index (χ0) is 12.8. The Labute approximate surface area is 128 Å². The van der Waals surface area contributed by atoms with E-state index in [9.17, 15) is 0 Å². The van der Waals surface area contributed by atoms with Crippen molar-refractivity contribution in [2.75, 3.05) is 17.6 Å². The van der Waals surface area contributed by atoms with Crippen LogP contribution < -0.4 is 10.1 Å². The summed E-state index contributed by atoms with van der Waals surface area (Å²) in [6.07, 6.45) is 4.85. The van der Waals surface area contributed by atoms with E-state index < -0.39 is 0 Å². The molecule has 1 aromatic carbocycles. The summed E-state index contributed by atoms with van der Waals surface area (Å²) in [6, 6.07) is 4.04. The standard InChI is InChI=1S/C14H19ClINO/c15-13-8-11-4-7-18-14(11)12(9-13)10-17-6-3-1-2-5-16/h8-9,17H,1-7,10H2. The van der Waals surface area contributed by atoms with E-state index in [1.807, 2.05) is 12.1 Å². The van der Waals surface area contributed by atoms with Crippen molar-refractivity contribution < 1.29 is 4.74 Å². The number of hydrogen-bond donors (Lipinski definition) is 1. The Morgan fingerprint density at radius 1 is 1.28 bits per heavy atom. The monoisotopic (exact) mass is 379 g/mol. The average Bonchev–Trinajstić information content (AvgIpc) is 2.81. The van der Waals surface area contributed by atoms with Crippen molar-refractivity contribution in [3.8, 4) is 5.75 Å². The second-order valence-electron chi connectivity index (χ2n) is 4.58. The number of rotatable bonds is 7. The number of benzene rings is 1. The summed E-state index contributed by atoms with van der Waals surface area (Å²) in [4.78, 5) is 0. The van der Waals surface area contributed by atoms with Crippen LogP contribution in [-0.2, 0) is 13.0 Å². The van der Waals surface area contributed by atoms with E-state index in [2.05, 4.69) is 27.9 Å². The van der Waals surface area contributed by atoms with Crippen LogP contribution in [0.5, 0.6) is 5.75 Å². The van der Waals surface area contributed by atoms with Gasteiger partial charge in [-0.05, 0) is 41.5 Å². The minimum Gasteiger partial charge on any atom is -0.493 e. The highest BCUT2D eigenvalue weighted by Gasteiger charge is 2.16. The molecule has 1 heterocycles. The molecule has 0 spiro atoms. The molecule has 1 aliphatic rings. The summed E-state index contributed by atoms with van der Waals surface area (Å²) in [5, 5.41) is 4.30. The molecule has 1 aliphatic heterocycles. The molecule has 1 N–H and O–H groups in total. The number of alkyl halides is 1. The predicted octanol–water partition coefficient (Wildman–Crippen LogP) is 3.97. The van der Waals surface area contributed by atoms with Gasteiger partial charge in [0.2, 0.25) is 0 Å². The molecule has 0 aliphatic carbocycles. The fraction of sp³-hybridized carbons (Fsp3) is 0.571. The predicted molar refractivity (Wildman–Crippen MR) is 85.1 cm³/mol. The summed E-state index contributed by atoms with van der Waals surface area (Å²) in [6.45, 7) is 2.71. The number of unbranched alkanes of at least 4 members (excludes halogenated alkanes) is 2. The van der Waals surface area contributed by atoms with E-state index in [4.69, 9.17) is 16.3 Å². The molecule has 2 nitrogen and oxygen atoms in total. The van der Waals surface area contributed by atoms with Gasteiger partial charge in [-0.15, -0.1) is 0 Å². The number of ether oxygens (including phenoxy) is 1. The SMILES string of the molecule is Clc1cc2c(c(CNCCCCCI)c1)OCC2. The first-order valence-corrected chi connectivity index (χ1v) is 8.42. The van der Waals surface area contributed by atoms with Crippen LogP contribution in [0.1, 0.15) is 30.4 Å². The van der Waals surface area contributed by atoms with Crippen molar-refractivity contribution in [1.29, 1.82) is 0 Å². The lowest BCUT2D eigenvalue weighted by Crippen LogP contribution is -2.15. The van der Waals surface area contributed by atoms with Crippen molar-refractivity contribution in [2.24, 2.45) is 0 Å². The summed E-state index contributed by atoms with van der Waals surface area (Å²) in [5.41, 5.74) is 2.45. The molecule has 0 unspecified atom stereocenters. The van der Waals surface area contributed by atoms with Crippen LogP contribution >= 0.6 is 34.2 Å². The molecule has 100 valence electrons. The number of halogens is 2. The van der Waals surface area contributed by atoms with E-state index in [0.29, 0.717) is 0 Å². The van der Waals surface area contributed by atoms with E-state index in [1.165, 1.54) is 34.8 Å². The second-order valence-corrected chi connectivity index (χ2v) is 6.09. The molecule has 2 rings (SSSR count). The minimum absolute atomic E-state index is 0.790. The lowest BCUT2D eigenvalue weighted by atomic mass is 10.1. The molecule has 0 amide bonds. The van der Waals surface area contributed by atoms with Crippen LogP contribution in [0.2, 0.25) is 5.02 Å². The van der Waals surface area contributed by atoms with Crippen LogP contribution in [0, 0.1) is 0 Å². The maximum Gasteiger partial charge on any atom is 0.127 e. The number of fused-ring (bicyclic) bond motifs is 1. The van der Waals surface area contributed by atoms with Gasteiger partial charge in [0.1, 0.15) is 5.75 Å². The smallest absolute Gasteiger partial charge is 0.127 e. The van der Waals surface area contributed by atoms with Gasteiger partial charge >= 0.3 is 0 Å². The first-order chi connectivity index (χ1) is 8.81. The third-order valence-corrected chi connectivity index (χ3v) is 4.11. The van der Waals surface area contributed by atoms with Crippen molar-refractivity contribution >= 4 is 34.2 Å². The van der Waals surface area contributed by atoms with Crippen molar-refractivity contribution in [3.05, 3.63) is 28.3 Å². The first-order valence-electron chi connectivity index (χ1n) is 6.52. The zero-order valence-corrected chi connectivity index (χ0v) is 13.4. The highest BCUT2D eigenvalue weighted by Crippen LogP contribution is 2.32. The molecule has 0 bridgehead atoms. The summed E-state index contributed by atoms with van der Waals surface area (Å²) in [7, 11) is 0. The molecule has 0 saturated heterocycles. The molecule has 4 heteroatoms. The Morgan fingerprint density at radius 2 is 2.17 bits per heavy atom. The third kappa shape index (κ3) is 4.00. The van der Waals surface area contributed by atoms with Gasteiger partial charge in [0.15, 0.2) is 0 Å². The van der Waals surface area contributed by atoms with Crippen LogP contribution in [-0.4, -0.2) is 17.6 Å². The highest BCUT2D eigenvalue weighted by atomic mass is 127. The van der Waals surface area contributed by atoms with Crippen molar-refractivity contribution in [1.82, 2.24) is 5.32 Å². The maximum atomic E-state index is 6.13. The number of hydrogen-bond acceptors (Lipinski definition) is 2. The molecule has 0 aromatic heterocycles. The van der Waals surface area contributed by atoms with Gasteiger partial charge in [0.25, 0.3) is 0 Å². The lowest BCUT2D eigenvalue weighted by molar-refractivity contribution is 0.352. The minimum atomic E-state index is 0.790. The molecule has 0 radical (unpaired) electrons. The Morgan fingerprint density at radius 3 is 3.00 bits per heavy atom. The average molecular weight is 380 g/mol. The van der Waals surface area contributed by atoms with E-state index in [-0.39, 0.29) is 0 Å². The van der Waals surface area contributed by atoms with Crippen LogP contribution in [0.3, 0.4) is 0 Å². The van der Waals surface area contributed by atoms with Gasteiger partial charge in [-0.25, -0.2) is 0 Å². The molecular weight excluding hydrogens is 361 g/mol. The summed E-state index contributed by atoms with van der Waals surface area (Å²) >= 11 is 8.56. The zero-order valence-electron chi connectivity index (χ0n) is 10.5. The number of nitrogens with one attached hydrogen (secondary N) is 1. The Balaban J connectivity index is 1.82. The Hall–Kier alpha value is -0.0000000000000000555. The van der Waals surface area contributed by atoms with Gasteiger partial charge < -0.3 is 10.1 Å². The van der Waals surface area contributed by atoms with E-state index >= 15 is 0 Å². The quantitative estimate of drug-likeness (QED) is 0.440.